The van der Waals surface area contributed by atoms with Crippen molar-refractivity contribution in [1.82, 2.24) is 0 Å². The van der Waals surface area contributed by atoms with Gasteiger partial charge < -0.3 is 14.8 Å². The van der Waals surface area contributed by atoms with E-state index < -0.39 is 0 Å². The molecule has 0 fully saturated rings. The van der Waals surface area contributed by atoms with E-state index in [4.69, 9.17) is 9.47 Å². The monoisotopic (exact) mass is 132 g/mol. The Morgan fingerprint density at radius 2 is 2.00 bits per heavy atom. The molecule has 0 aliphatic rings. The van der Waals surface area contributed by atoms with E-state index in [0.29, 0.717) is 19.8 Å². The standard InChI is InChI=1S/C6H14NO2/c1-7-3-4-9-6-5-8-2/h3-6H2,1-2H3/q-1. The van der Waals surface area contributed by atoms with Gasteiger partial charge in [0.2, 0.25) is 0 Å². The first-order chi connectivity index (χ1) is 4.41. The van der Waals surface area contributed by atoms with Gasteiger partial charge in [-0.15, -0.1) is 6.54 Å². The van der Waals surface area contributed by atoms with Crippen molar-refractivity contribution >= 4 is 0 Å². The summed E-state index contributed by atoms with van der Waals surface area (Å²) in [6.07, 6.45) is 0. The molecule has 0 unspecified atom stereocenters. The molecule has 0 aromatic carbocycles. The lowest BCUT2D eigenvalue weighted by Crippen LogP contribution is -2.04. The molecule has 0 amide bonds. The van der Waals surface area contributed by atoms with Crippen molar-refractivity contribution in [3.63, 3.8) is 0 Å². The molecule has 0 spiro atoms. The first-order valence-electron chi connectivity index (χ1n) is 3.04. The Morgan fingerprint density at radius 3 is 2.56 bits per heavy atom. The van der Waals surface area contributed by atoms with E-state index in [2.05, 4.69) is 5.32 Å². The van der Waals surface area contributed by atoms with Crippen LogP contribution in [0.15, 0.2) is 0 Å². The van der Waals surface area contributed by atoms with Crippen molar-refractivity contribution in [3.05, 3.63) is 5.32 Å². The maximum atomic E-state index is 5.10. The Kier molecular flexibility index (Phi) is 7.77. The zero-order valence-electron chi connectivity index (χ0n) is 6.09. The molecule has 0 aliphatic heterocycles. The number of ether oxygens (including phenoxy) is 2. The predicted molar refractivity (Wildman–Crippen MR) is 36.8 cm³/mol. The van der Waals surface area contributed by atoms with Gasteiger partial charge in [-0.05, 0) is 0 Å². The summed E-state index contributed by atoms with van der Waals surface area (Å²) in [5.74, 6) is 0. The first-order valence-corrected chi connectivity index (χ1v) is 3.04. The van der Waals surface area contributed by atoms with Crippen LogP contribution in [0.2, 0.25) is 0 Å². The maximum absolute atomic E-state index is 5.10. The van der Waals surface area contributed by atoms with Gasteiger partial charge in [-0.25, -0.2) is 0 Å². The van der Waals surface area contributed by atoms with Gasteiger partial charge in [0.15, 0.2) is 0 Å². The van der Waals surface area contributed by atoms with Gasteiger partial charge in [0, 0.05) is 13.7 Å². The maximum Gasteiger partial charge on any atom is 0.0699 e. The molecule has 0 aliphatic carbocycles. The number of rotatable bonds is 6. The molecule has 0 heterocycles. The molecule has 0 aromatic heterocycles. The van der Waals surface area contributed by atoms with Gasteiger partial charge >= 0.3 is 0 Å². The topological polar surface area (TPSA) is 32.6 Å². The van der Waals surface area contributed by atoms with Crippen LogP contribution in [0.25, 0.3) is 5.32 Å². The summed E-state index contributed by atoms with van der Waals surface area (Å²) in [6, 6.07) is 0. The van der Waals surface area contributed by atoms with E-state index in [-0.39, 0.29) is 0 Å². The Balaban J connectivity index is 2.60. The second-order valence-electron chi connectivity index (χ2n) is 1.65. The molecule has 0 saturated heterocycles. The van der Waals surface area contributed by atoms with Gasteiger partial charge in [-0.1, -0.05) is 0 Å². The molecule has 0 aromatic rings. The fourth-order valence-corrected chi connectivity index (χ4v) is 0.400. The molecule has 3 heteroatoms. The van der Waals surface area contributed by atoms with Gasteiger partial charge in [0.25, 0.3) is 0 Å². The van der Waals surface area contributed by atoms with E-state index in [1.165, 1.54) is 0 Å². The summed E-state index contributed by atoms with van der Waals surface area (Å²) in [5.41, 5.74) is 0. The third-order valence-electron chi connectivity index (χ3n) is 0.891. The van der Waals surface area contributed by atoms with Crippen LogP contribution in [0.1, 0.15) is 0 Å². The number of hydrogen-bond acceptors (Lipinski definition) is 2. The third-order valence-corrected chi connectivity index (χ3v) is 0.891. The largest absolute Gasteiger partial charge is 0.663 e. The van der Waals surface area contributed by atoms with Gasteiger partial charge in [0.05, 0.1) is 13.2 Å². The lowest BCUT2D eigenvalue weighted by Gasteiger charge is -2.09. The minimum Gasteiger partial charge on any atom is -0.663 e. The Hall–Kier alpha value is -0.120. The lowest BCUT2D eigenvalue weighted by atomic mass is 10.7. The molecule has 56 valence electrons. The van der Waals surface area contributed by atoms with Crippen molar-refractivity contribution in [2.75, 3.05) is 40.5 Å². The zero-order valence-corrected chi connectivity index (χ0v) is 6.09. The van der Waals surface area contributed by atoms with Crippen molar-refractivity contribution < 1.29 is 9.47 Å². The molecular formula is C6H14NO2-. The minimum absolute atomic E-state index is 0.670. The molecule has 0 saturated carbocycles. The first kappa shape index (κ1) is 8.88. The van der Waals surface area contributed by atoms with Gasteiger partial charge in [-0.2, -0.15) is 7.05 Å². The van der Waals surface area contributed by atoms with E-state index in [1.807, 2.05) is 0 Å². The number of likely N-dealkylation sites (N-methyl/N-ethyl adjacent to an activating group) is 1. The fourth-order valence-electron chi connectivity index (χ4n) is 0.400. The third kappa shape index (κ3) is 7.88. The lowest BCUT2D eigenvalue weighted by molar-refractivity contribution is 0.0764. The van der Waals surface area contributed by atoms with Gasteiger partial charge in [0.1, 0.15) is 0 Å². The summed E-state index contributed by atoms with van der Waals surface area (Å²) in [4.78, 5) is 0. The van der Waals surface area contributed by atoms with Crippen LogP contribution in [-0.4, -0.2) is 40.5 Å². The van der Waals surface area contributed by atoms with Crippen LogP contribution >= 0.6 is 0 Å². The summed E-state index contributed by atoms with van der Waals surface area (Å²) in [6.45, 7) is 2.83. The van der Waals surface area contributed by atoms with E-state index in [1.54, 1.807) is 14.2 Å². The average Bonchev–Trinajstić information content (AvgIpc) is 1.89. The Morgan fingerprint density at radius 1 is 1.22 bits per heavy atom. The highest BCUT2D eigenvalue weighted by molar-refractivity contribution is 4.67. The summed E-state index contributed by atoms with van der Waals surface area (Å²) in [7, 11) is 3.44. The Bertz CT molecular complexity index is 44.3. The van der Waals surface area contributed by atoms with Crippen LogP contribution in [-0.2, 0) is 9.47 Å². The SMILES string of the molecule is C[N-]CCOCCOC. The molecule has 3 nitrogen and oxygen atoms in total. The van der Waals surface area contributed by atoms with Crippen LogP contribution in [0, 0.1) is 0 Å². The van der Waals surface area contributed by atoms with Crippen molar-refractivity contribution in [2.45, 2.75) is 0 Å². The summed E-state index contributed by atoms with van der Waals surface area (Å²) >= 11 is 0. The number of hydrogen-bond donors (Lipinski definition) is 0. The quantitative estimate of drug-likeness (QED) is 0.497. The molecule has 9 heavy (non-hydrogen) atoms. The van der Waals surface area contributed by atoms with E-state index in [9.17, 15) is 0 Å². The zero-order chi connectivity index (χ0) is 6.95. The second-order valence-corrected chi connectivity index (χ2v) is 1.65. The van der Waals surface area contributed by atoms with Crippen LogP contribution in [0.3, 0.4) is 0 Å². The van der Waals surface area contributed by atoms with Crippen LogP contribution < -0.4 is 0 Å². The normalized spacial score (nSPS) is 10.0. The Labute approximate surface area is 56.3 Å². The van der Waals surface area contributed by atoms with Crippen molar-refractivity contribution in [3.8, 4) is 0 Å². The molecule has 0 rings (SSSR count). The molecule has 0 atom stereocenters. The highest BCUT2D eigenvalue weighted by atomic mass is 16.5. The minimum atomic E-state index is 0.670. The second kappa shape index (κ2) is 7.88. The highest BCUT2D eigenvalue weighted by Crippen LogP contribution is 1.79. The predicted octanol–water partition coefficient (Wildman–Crippen LogP) is 0.653. The molecule has 0 N–H and O–H groups in total. The van der Waals surface area contributed by atoms with E-state index >= 15 is 0 Å². The van der Waals surface area contributed by atoms with Crippen molar-refractivity contribution in [2.24, 2.45) is 0 Å². The number of methoxy groups -OCH3 is 1. The van der Waals surface area contributed by atoms with Crippen molar-refractivity contribution in [1.29, 1.82) is 0 Å². The molecule has 0 bridgehead atoms. The van der Waals surface area contributed by atoms with Crippen LogP contribution in [0.5, 0.6) is 0 Å². The summed E-state index contributed by atoms with van der Waals surface area (Å²) in [5, 5.41) is 3.87. The molecular weight excluding hydrogens is 118 g/mol. The smallest absolute Gasteiger partial charge is 0.0699 e. The van der Waals surface area contributed by atoms with E-state index in [0.717, 1.165) is 6.54 Å². The highest BCUT2D eigenvalue weighted by Gasteiger charge is 1.80. The molecule has 0 radical (unpaired) electrons. The summed E-state index contributed by atoms with van der Waals surface area (Å²) < 4.78 is 9.86. The number of nitrogens with zero attached hydrogens (tertiary/aromatic N) is 1. The van der Waals surface area contributed by atoms with Gasteiger partial charge in [-0.3, -0.25) is 0 Å². The fraction of sp³-hybridized carbons (Fsp3) is 1.00. The van der Waals surface area contributed by atoms with Crippen LogP contribution in [0.4, 0.5) is 0 Å². The average molecular weight is 132 g/mol.